The number of aryl methyl sites for hydroxylation is 3. The van der Waals surface area contributed by atoms with Crippen molar-refractivity contribution in [1.82, 2.24) is 14.3 Å². The molecule has 0 bridgehead atoms. The molecule has 0 spiro atoms. The van der Waals surface area contributed by atoms with E-state index in [-0.39, 0.29) is 0 Å². The van der Waals surface area contributed by atoms with Crippen molar-refractivity contribution in [2.24, 2.45) is 7.05 Å². The van der Waals surface area contributed by atoms with Crippen LogP contribution in [-0.4, -0.2) is 14.3 Å². The van der Waals surface area contributed by atoms with Crippen molar-refractivity contribution in [3.05, 3.63) is 53.0 Å². The van der Waals surface area contributed by atoms with E-state index >= 15 is 0 Å². The highest BCUT2D eigenvalue weighted by Crippen LogP contribution is 2.26. The fourth-order valence-electron chi connectivity index (χ4n) is 2.57. The van der Waals surface area contributed by atoms with Crippen LogP contribution in [0.3, 0.4) is 0 Å². The highest BCUT2D eigenvalue weighted by molar-refractivity contribution is 5.86. The van der Waals surface area contributed by atoms with Crippen molar-refractivity contribution in [2.75, 3.05) is 0 Å². The van der Waals surface area contributed by atoms with E-state index in [0.717, 1.165) is 16.6 Å². The number of fused-ring (bicyclic) bond motifs is 1. The van der Waals surface area contributed by atoms with Crippen LogP contribution >= 0.6 is 0 Å². The quantitative estimate of drug-likeness (QED) is 0.714. The number of hydrogen-bond donors (Lipinski definition) is 0. The molecule has 1 aromatic carbocycles. The van der Waals surface area contributed by atoms with Crippen molar-refractivity contribution >= 4 is 10.9 Å². The lowest BCUT2D eigenvalue weighted by Crippen LogP contribution is -2.07. The molecule has 2 aromatic heterocycles. The number of rotatable bonds is 2. The van der Waals surface area contributed by atoms with Gasteiger partial charge in [-0.3, -0.25) is 4.68 Å². The highest BCUT2D eigenvalue weighted by atomic mass is 15.3. The van der Waals surface area contributed by atoms with Gasteiger partial charge < -0.3 is 4.57 Å². The summed E-state index contributed by atoms with van der Waals surface area (Å²) in [5.41, 5.74) is 5.36. The summed E-state index contributed by atoms with van der Waals surface area (Å²) in [6.07, 6.45) is 1.78. The Morgan fingerprint density at radius 1 is 1.25 bits per heavy atom. The zero-order chi connectivity index (χ0) is 14.3. The predicted molar refractivity (Wildman–Crippen MR) is 78.4 cm³/mol. The molecule has 0 aliphatic heterocycles. The summed E-state index contributed by atoms with van der Waals surface area (Å²) in [5, 5.41) is 14.7. The molecule has 0 saturated carbocycles. The number of hydrogen-bond acceptors (Lipinski definition) is 2. The van der Waals surface area contributed by atoms with E-state index in [1.807, 2.05) is 23.9 Å². The van der Waals surface area contributed by atoms with E-state index in [2.05, 4.69) is 41.7 Å². The largest absolute Gasteiger partial charge is 0.326 e. The van der Waals surface area contributed by atoms with Gasteiger partial charge in [0, 0.05) is 24.1 Å². The summed E-state index contributed by atoms with van der Waals surface area (Å²) in [6.45, 7) is 4.86. The zero-order valence-corrected chi connectivity index (χ0v) is 11.9. The topological polar surface area (TPSA) is 46.5 Å². The van der Waals surface area contributed by atoms with Crippen molar-refractivity contribution < 1.29 is 0 Å². The van der Waals surface area contributed by atoms with Gasteiger partial charge in [-0.1, -0.05) is 6.07 Å². The standard InChI is InChI=1S/C16H16N4/c1-11-4-5-16-15(12(11)2)8-14(9-17)20(16)10-13-6-7-18-19(13)3/h4-8H,10H2,1-3H3. The Morgan fingerprint density at radius 2 is 2.05 bits per heavy atom. The molecule has 0 aliphatic rings. The number of aromatic nitrogens is 3. The molecule has 0 aliphatic carbocycles. The number of nitrogens with zero attached hydrogens (tertiary/aromatic N) is 4. The van der Waals surface area contributed by atoms with Crippen LogP contribution in [0.1, 0.15) is 22.5 Å². The van der Waals surface area contributed by atoms with Gasteiger partial charge in [0.05, 0.1) is 12.2 Å². The maximum atomic E-state index is 9.38. The number of nitriles is 1. The highest BCUT2D eigenvalue weighted by Gasteiger charge is 2.12. The third-order valence-corrected chi connectivity index (χ3v) is 3.98. The van der Waals surface area contributed by atoms with Gasteiger partial charge in [-0.05, 0) is 43.2 Å². The molecular weight excluding hydrogens is 248 g/mol. The summed E-state index contributed by atoms with van der Waals surface area (Å²) < 4.78 is 3.90. The van der Waals surface area contributed by atoms with E-state index in [1.54, 1.807) is 6.20 Å². The van der Waals surface area contributed by atoms with E-state index in [0.29, 0.717) is 12.2 Å². The summed E-state index contributed by atoms with van der Waals surface area (Å²) in [7, 11) is 1.92. The maximum Gasteiger partial charge on any atom is 0.121 e. The molecular formula is C16H16N4. The van der Waals surface area contributed by atoms with Crippen molar-refractivity contribution in [1.29, 1.82) is 5.26 Å². The summed E-state index contributed by atoms with van der Waals surface area (Å²) in [6, 6.07) is 10.5. The fraction of sp³-hybridized carbons (Fsp3) is 0.250. The van der Waals surface area contributed by atoms with Crippen LogP contribution in [0.4, 0.5) is 0 Å². The molecule has 0 atom stereocenters. The Balaban J connectivity index is 2.22. The van der Waals surface area contributed by atoms with Gasteiger partial charge in [0.15, 0.2) is 0 Å². The third-order valence-electron chi connectivity index (χ3n) is 3.98. The van der Waals surface area contributed by atoms with Crippen LogP contribution in [0.5, 0.6) is 0 Å². The molecule has 2 heterocycles. The van der Waals surface area contributed by atoms with E-state index < -0.39 is 0 Å². The molecule has 0 amide bonds. The molecule has 3 rings (SSSR count). The van der Waals surface area contributed by atoms with Gasteiger partial charge in [-0.25, -0.2) is 0 Å². The normalized spacial score (nSPS) is 10.9. The Morgan fingerprint density at radius 3 is 2.70 bits per heavy atom. The molecule has 4 heteroatoms. The lowest BCUT2D eigenvalue weighted by molar-refractivity contribution is 0.674. The van der Waals surface area contributed by atoms with E-state index in [9.17, 15) is 5.26 Å². The van der Waals surface area contributed by atoms with Crippen LogP contribution in [0, 0.1) is 25.2 Å². The molecule has 3 aromatic rings. The molecule has 20 heavy (non-hydrogen) atoms. The van der Waals surface area contributed by atoms with Gasteiger partial charge in [-0.2, -0.15) is 10.4 Å². The molecule has 0 saturated heterocycles. The van der Waals surface area contributed by atoms with Crippen LogP contribution in [-0.2, 0) is 13.6 Å². The minimum Gasteiger partial charge on any atom is -0.326 e. The first-order chi connectivity index (χ1) is 9.61. The lowest BCUT2D eigenvalue weighted by Gasteiger charge is -2.08. The second-order valence-electron chi connectivity index (χ2n) is 5.11. The first-order valence-corrected chi connectivity index (χ1v) is 6.58. The van der Waals surface area contributed by atoms with Crippen molar-refractivity contribution in [2.45, 2.75) is 20.4 Å². The second kappa shape index (κ2) is 4.53. The second-order valence-corrected chi connectivity index (χ2v) is 5.11. The lowest BCUT2D eigenvalue weighted by atomic mass is 10.1. The van der Waals surface area contributed by atoms with Crippen LogP contribution < -0.4 is 0 Å². The molecule has 4 nitrogen and oxygen atoms in total. The molecule has 100 valence electrons. The molecule has 0 N–H and O–H groups in total. The SMILES string of the molecule is Cc1ccc2c(cc(C#N)n2Cc2ccnn2C)c1C. The van der Waals surface area contributed by atoms with Crippen LogP contribution in [0.2, 0.25) is 0 Å². The minimum absolute atomic E-state index is 0.658. The van der Waals surface area contributed by atoms with Crippen molar-refractivity contribution in [3.8, 4) is 6.07 Å². The Bertz CT molecular complexity index is 830. The fourth-order valence-corrected chi connectivity index (χ4v) is 2.57. The molecule has 0 radical (unpaired) electrons. The monoisotopic (exact) mass is 264 g/mol. The van der Waals surface area contributed by atoms with E-state index in [1.165, 1.54) is 11.1 Å². The predicted octanol–water partition coefficient (Wildman–Crippen LogP) is 2.91. The maximum absolute atomic E-state index is 9.38. The van der Waals surface area contributed by atoms with Gasteiger partial charge in [0.2, 0.25) is 0 Å². The van der Waals surface area contributed by atoms with Gasteiger partial charge in [0.25, 0.3) is 0 Å². The molecule has 0 fully saturated rings. The first kappa shape index (κ1) is 12.5. The Labute approximate surface area is 117 Å². The zero-order valence-electron chi connectivity index (χ0n) is 11.9. The van der Waals surface area contributed by atoms with Gasteiger partial charge in [0.1, 0.15) is 11.8 Å². The summed E-state index contributed by atoms with van der Waals surface area (Å²) in [5.74, 6) is 0. The summed E-state index contributed by atoms with van der Waals surface area (Å²) >= 11 is 0. The molecule has 0 unspecified atom stereocenters. The van der Waals surface area contributed by atoms with Crippen LogP contribution in [0.25, 0.3) is 10.9 Å². The average molecular weight is 264 g/mol. The van der Waals surface area contributed by atoms with E-state index in [4.69, 9.17) is 0 Å². The van der Waals surface area contributed by atoms with Crippen molar-refractivity contribution in [3.63, 3.8) is 0 Å². The number of benzene rings is 1. The smallest absolute Gasteiger partial charge is 0.121 e. The van der Waals surface area contributed by atoms with Gasteiger partial charge in [-0.15, -0.1) is 0 Å². The summed E-state index contributed by atoms with van der Waals surface area (Å²) in [4.78, 5) is 0. The van der Waals surface area contributed by atoms with Crippen LogP contribution in [0.15, 0.2) is 30.5 Å². The minimum atomic E-state index is 0.658. The first-order valence-electron chi connectivity index (χ1n) is 6.58. The van der Waals surface area contributed by atoms with Gasteiger partial charge >= 0.3 is 0 Å². The Kier molecular flexibility index (Phi) is 2.83. The third kappa shape index (κ3) is 1.79. The average Bonchev–Trinajstić information content (AvgIpc) is 3.00. The Hall–Kier alpha value is -2.54.